The molecule has 0 bridgehead atoms. The minimum absolute atomic E-state index is 0.0428. The van der Waals surface area contributed by atoms with Crippen LogP contribution >= 0.6 is 0 Å². The van der Waals surface area contributed by atoms with Gasteiger partial charge >= 0.3 is 11.9 Å². The molecule has 11 heteroatoms. The van der Waals surface area contributed by atoms with Crippen LogP contribution in [-0.2, 0) is 6.42 Å². The maximum absolute atomic E-state index is 16.8. The van der Waals surface area contributed by atoms with Crippen molar-refractivity contribution >= 4 is 535 Å². The minimum atomic E-state index is -1.12. The number of phenols is 7. The molecular formula is C139H34O11. The Balaban J connectivity index is 0.807. The minimum Gasteiger partial charge on any atom is -0.507 e. The lowest BCUT2D eigenvalue weighted by Gasteiger charge is -2.43. The highest BCUT2D eigenvalue weighted by Gasteiger charge is 2.55. The van der Waals surface area contributed by atoms with Crippen molar-refractivity contribution < 1.29 is 55.5 Å². The maximum atomic E-state index is 16.8. The first kappa shape index (κ1) is 64.7. The highest BCUT2D eigenvalue weighted by Crippen LogP contribution is 2.81. The average molecular weight is 1880 g/mol. The van der Waals surface area contributed by atoms with Crippen molar-refractivity contribution in [2.75, 3.05) is 0 Å². The first-order valence-corrected chi connectivity index (χ1v) is 52.5. The van der Waals surface area contributed by atoms with E-state index in [-0.39, 0.29) is 57.8 Å². The van der Waals surface area contributed by atoms with Crippen LogP contribution in [0.2, 0.25) is 0 Å². The summed E-state index contributed by atoms with van der Waals surface area (Å²) in [5.41, 5.74) is 6.52. The standard InChI is InChI=1S/C139H34O11/c140-47-13-12-28-31-8-9-32-29-7-6-23-4-5-24-14-40-65-74-50(24)49(23)56(29)84-87-58(32)57(31)85-78-54(28)37(47)19-42-67(78)82-70-45(135(42)144)22-46-71-83(70)102-115-100(82)103(85)105(87)121-111(95(74)84)101-81(65)69-44(134(40)143)20-38-62-72(139(149)150)39-21-43-68-77-53-27(2-1-3-34(53)133(43)142)30-10-11-33-55-48(141)18-26-16-36(138(147)148)35-15-25-17-41-66-76-52(25)75-61(35)51(26)73(55)94-88-60(33)59(30)86(77)104-98-80(68)64(39)91-89(62)90-63(38)79(69)99-114(101)125(124(115)121)128-118(102)110-93(71)131(132(136(41)145)137(46)146)92(66)109-113-97(76)112(96(75)94)122(106(88)104)126-116(98)108(91)119-107(90)117(99)127(128)130(120(109)110)129(119)123(113)126/h1-21,38,83,140-146H,22H2,(H,147,148)(H,149,150). The SMILES string of the molecule is O=C(O)c1cc2cc(O)c3c4ccc5c6cccc7c(O)c8cc9c(C(=O)O)c%10c%11c%12c%13c%14c%15c(c(O)c%16cc%17ccc%18ccc%19c%20ccc%21c%22ccc(O)c%23cc%24c(O)c%25c%26c%27c%24c(c%23%22)c%22c%21c%20c%20c%21c%19c%18c%17c%17c%16c%15c%15c%16c%14c%14c%12c%12c%18c%11c9c9c8c(c76)c6c5c4c4c5c3c2c2c1cc1cc3c(O)c7c(O)c(c8c%11c7c7c3c3c1c2c5c1c3c2c7c3c%11c5c(c7c%27c%22c%20c(c7c%16c5c%14c3c%12c2c2c%18c9c6c4c12)c%15c%17%21)C%268)C%25)=CC%13%10. The largest absolute Gasteiger partial charge is 0.507 e. The van der Waals surface area contributed by atoms with Crippen LogP contribution in [0.5, 0.6) is 40.2 Å². The van der Waals surface area contributed by atoms with E-state index in [1.54, 1.807) is 6.07 Å². The molecule has 0 heterocycles. The number of hydrogen-bond donors (Lipinski definition) is 9. The second kappa shape index (κ2) is 17.0. The average Bonchev–Trinajstić information content (AvgIpc) is 0.934. The van der Waals surface area contributed by atoms with Crippen molar-refractivity contribution in [1.29, 1.82) is 0 Å². The number of phenolic OH excluding ortho intramolecular Hbond substituents is 7. The third kappa shape index (κ3) is 4.65. The summed E-state index contributed by atoms with van der Waals surface area (Å²) in [4.78, 5) is 31.8. The molecule has 49 aromatic rings. The summed E-state index contributed by atoms with van der Waals surface area (Å²) < 4.78 is 0. The Hall–Kier alpha value is -19.9. The molecule has 0 saturated carbocycles. The van der Waals surface area contributed by atoms with Gasteiger partial charge in [0.15, 0.2) is 0 Å². The van der Waals surface area contributed by atoms with E-state index in [4.69, 9.17) is 0 Å². The number of carbonyl (C=O) groups is 2. The predicted molar refractivity (Wildman–Crippen MR) is 616 cm³/mol. The summed E-state index contributed by atoms with van der Waals surface area (Å²) in [6.07, 6.45) is 2.42. The number of fused-ring (bicyclic) bond motifs is 5. The fourth-order valence-electron chi connectivity index (χ4n) is 42.4. The van der Waals surface area contributed by atoms with E-state index in [0.29, 0.717) is 75.8 Å². The lowest BCUT2D eigenvalue weighted by atomic mass is 9.58. The summed E-state index contributed by atoms with van der Waals surface area (Å²) in [5.74, 6) is -3.26. The fourth-order valence-corrected chi connectivity index (χ4v) is 42.4. The van der Waals surface area contributed by atoms with E-state index in [1.807, 2.05) is 12.1 Å². The molecular weight excluding hydrogens is 1850 g/mol. The molecule has 0 fully saturated rings. The van der Waals surface area contributed by atoms with Gasteiger partial charge in [0.2, 0.25) is 0 Å². The van der Waals surface area contributed by atoms with Crippen LogP contribution in [0.15, 0.2) is 121 Å². The van der Waals surface area contributed by atoms with Gasteiger partial charge in [0.1, 0.15) is 40.2 Å². The zero-order chi connectivity index (χ0) is 94.1. The molecule has 656 valence electrons. The van der Waals surface area contributed by atoms with Crippen LogP contribution in [0.1, 0.15) is 71.5 Å². The normalized spacial score (nSPS) is 16.7. The summed E-state index contributed by atoms with van der Waals surface area (Å²) in [7, 11) is 0. The molecule has 54 rings (SSSR count). The number of hydrogen-bond acceptors (Lipinski definition) is 9. The van der Waals surface area contributed by atoms with Gasteiger partial charge in [0.25, 0.3) is 0 Å². The van der Waals surface area contributed by atoms with E-state index in [1.165, 1.54) is 97.0 Å². The molecule has 0 aliphatic heterocycles. The van der Waals surface area contributed by atoms with Crippen molar-refractivity contribution in [3.8, 4) is 40.2 Å². The van der Waals surface area contributed by atoms with Crippen LogP contribution in [-0.4, -0.2) is 57.9 Å². The number of carboxylic acids is 2. The lowest BCUT2D eigenvalue weighted by Crippen LogP contribution is -2.23. The number of benzene rings is 49. The third-order valence-electron chi connectivity index (χ3n) is 45.4. The molecule has 150 heavy (non-hydrogen) atoms. The molecule has 49 aromatic carbocycles. The lowest BCUT2D eigenvalue weighted by molar-refractivity contribution is 0.0687. The molecule has 0 saturated heterocycles. The molecule has 11 nitrogen and oxygen atoms in total. The second-order valence-corrected chi connectivity index (χ2v) is 48.7. The summed E-state index contributed by atoms with van der Waals surface area (Å²) >= 11 is 0. The van der Waals surface area contributed by atoms with Gasteiger partial charge in [-0.1, -0.05) is 78.9 Å². The van der Waals surface area contributed by atoms with Crippen LogP contribution in [0.4, 0.5) is 0 Å². The zero-order valence-corrected chi connectivity index (χ0v) is 76.3. The van der Waals surface area contributed by atoms with Crippen molar-refractivity contribution in [2.45, 2.75) is 18.3 Å². The number of aromatic carboxylic acids is 2. The predicted octanol–water partition coefficient (Wildman–Crippen LogP) is 35.1. The fraction of sp³-hybridized carbons (Fsp3) is 0.0216. The van der Waals surface area contributed by atoms with Crippen LogP contribution in [0, 0.1) is 0 Å². The van der Waals surface area contributed by atoms with Gasteiger partial charge < -0.3 is 46.0 Å². The Morgan fingerprint density at radius 3 is 1.09 bits per heavy atom. The van der Waals surface area contributed by atoms with Gasteiger partial charge in [-0.3, -0.25) is 0 Å². The Morgan fingerprint density at radius 1 is 0.187 bits per heavy atom. The van der Waals surface area contributed by atoms with Gasteiger partial charge in [0.05, 0.1) is 16.5 Å². The van der Waals surface area contributed by atoms with Crippen molar-refractivity contribution in [2.24, 2.45) is 0 Å². The molecule has 9 N–H and O–H groups in total. The molecule has 0 radical (unpaired) electrons. The van der Waals surface area contributed by atoms with Crippen molar-refractivity contribution in [1.82, 2.24) is 0 Å². The van der Waals surface area contributed by atoms with E-state index < -0.39 is 23.8 Å². The summed E-state index contributed by atoms with van der Waals surface area (Å²) in [6, 6.07) is 43.3. The number of carboxylic acid groups (broad SMARTS) is 2. The highest BCUT2D eigenvalue weighted by molar-refractivity contribution is 6.80. The van der Waals surface area contributed by atoms with E-state index in [2.05, 4.69) is 109 Å². The Kier molecular flexibility index (Phi) is 7.33. The second-order valence-electron chi connectivity index (χ2n) is 48.7. The molecule has 0 spiro atoms. The molecule has 5 aliphatic carbocycles. The van der Waals surface area contributed by atoms with Crippen LogP contribution < -0.4 is 5.22 Å². The number of rotatable bonds is 2. The van der Waals surface area contributed by atoms with Gasteiger partial charge in [-0.15, -0.1) is 0 Å². The molecule has 2 unspecified atom stereocenters. The van der Waals surface area contributed by atoms with Crippen LogP contribution in [0.25, 0.3) is 523 Å². The van der Waals surface area contributed by atoms with Crippen molar-refractivity contribution in [3.05, 3.63) is 177 Å². The Bertz CT molecular complexity index is 16400. The molecule has 5 aliphatic rings. The monoisotopic (exact) mass is 1880 g/mol. The van der Waals surface area contributed by atoms with E-state index in [9.17, 15) is 30.6 Å². The zero-order valence-electron chi connectivity index (χ0n) is 76.3. The topological polar surface area (TPSA) is 216 Å². The maximum Gasteiger partial charge on any atom is 0.336 e. The van der Waals surface area contributed by atoms with Crippen molar-refractivity contribution in [3.63, 3.8) is 0 Å². The highest BCUT2D eigenvalue weighted by atomic mass is 16.4. The van der Waals surface area contributed by atoms with Gasteiger partial charge in [0, 0.05) is 207 Å². The third-order valence-corrected chi connectivity index (χ3v) is 45.4. The van der Waals surface area contributed by atoms with E-state index >= 15 is 24.9 Å². The van der Waals surface area contributed by atoms with Gasteiger partial charge in [-0.2, -0.15) is 0 Å². The summed E-state index contributed by atoms with van der Waals surface area (Å²) in [6.45, 7) is 0. The molecule has 0 aromatic heterocycles. The first-order valence-electron chi connectivity index (χ1n) is 52.5. The van der Waals surface area contributed by atoms with E-state index in [0.717, 1.165) is 389 Å². The summed E-state index contributed by atoms with van der Waals surface area (Å²) in [5, 5.41) is 225. The van der Waals surface area contributed by atoms with Gasteiger partial charge in [-0.05, 0) is 416 Å². The Labute approximate surface area is 819 Å². The first-order chi connectivity index (χ1) is 73.8. The quantitative estimate of drug-likeness (QED) is 0.0586. The molecule has 0 amide bonds. The van der Waals surface area contributed by atoms with Crippen LogP contribution in [0.3, 0.4) is 0 Å². The molecule has 2 atom stereocenters. The number of aromatic hydroxyl groups is 7. The van der Waals surface area contributed by atoms with Gasteiger partial charge in [-0.25, -0.2) is 9.59 Å². The smallest absolute Gasteiger partial charge is 0.336 e. The Morgan fingerprint density at radius 2 is 0.507 bits per heavy atom.